The highest BCUT2D eigenvalue weighted by atomic mass is 16.5. The van der Waals surface area contributed by atoms with Crippen LogP contribution in [0.1, 0.15) is 22.8 Å². The van der Waals surface area contributed by atoms with Gasteiger partial charge in [-0.3, -0.25) is 0 Å². The van der Waals surface area contributed by atoms with Gasteiger partial charge >= 0.3 is 12.0 Å². The summed E-state index contributed by atoms with van der Waals surface area (Å²) in [6.07, 6.45) is 2.29. The Labute approximate surface area is 175 Å². The summed E-state index contributed by atoms with van der Waals surface area (Å²) < 4.78 is 21.4. The topological polar surface area (TPSA) is 79.8 Å². The van der Waals surface area contributed by atoms with Crippen molar-refractivity contribution in [3.05, 3.63) is 65.9 Å². The highest BCUT2D eigenvalue weighted by molar-refractivity contribution is 5.90. The third-order valence-electron chi connectivity index (χ3n) is 4.37. The van der Waals surface area contributed by atoms with Crippen LogP contribution in [-0.2, 0) is 11.2 Å². The first-order chi connectivity index (χ1) is 14.6. The Morgan fingerprint density at radius 3 is 2.60 bits per heavy atom. The van der Waals surface area contributed by atoms with E-state index in [1.807, 2.05) is 24.3 Å². The van der Waals surface area contributed by atoms with E-state index in [4.69, 9.17) is 18.9 Å². The van der Waals surface area contributed by atoms with Crippen molar-refractivity contribution in [2.24, 2.45) is 0 Å². The largest absolute Gasteiger partial charge is 0.493 e. The molecule has 0 spiro atoms. The molecule has 0 unspecified atom stereocenters. The average Bonchev–Trinajstić information content (AvgIpc) is 2.79. The zero-order chi connectivity index (χ0) is 21.3. The van der Waals surface area contributed by atoms with Crippen LogP contribution >= 0.6 is 0 Å². The molecule has 30 heavy (non-hydrogen) atoms. The number of aromatic nitrogens is 2. The molecule has 0 aliphatic carbocycles. The number of hydrogen-bond donors (Lipinski definition) is 0. The van der Waals surface area contributed by atoms with Crippen LogP contribution in [0.25, 0.3) is 11.3 Å². The monoisotopic (exact) mass is 408 g/mol. The summed E-state index contributed by atoms with van der Waals surface area (Å²) >= 11 is 0. The molecule has 1 aromatic heterocycles. The van der Waals surface area contributed by atoms with E-state index >= 15 is 0 Å². The van der Waals surface area contributed by atoms with Crippen molar-refractivity contribution in [3.63, 3.8) is 0 Å². The van der Waals surface area contributed by atoms with E-state index in [0.29, 0.717) is 42.4 Å². The maximum Gasteiger partial charge on any atom is 0.338 e. The van der Waals surface area contributed by atoms with Crippen LogP contribution in [0.4, 0.5) is 0 Å². The van der Waals surface area contributed by atoms with Crippen LogP contribution in [0.2, 0.25) is 0 Å². The highest BCUT2D eigenvalue weighted by Gasteiger charge is 2.10. The molecule has 7 nitrogen and oxygen atoms in total. The molecule has 0 amide bonds. The Hall–Kier alpha value is -3.61. The van der Waals surface area contributed by atoms with Crippen LogP contribution in [0.15, 0.2) is 54.7 Å². The van der Waals surface area contributed by atoms with E-state index in [1.54, 1.807) is 51.6 Å². The van der Waals surface area contributed by atoms with Gasteiger partial charge in [0.25, 0.3) is 0 Å². The molecule has 0 aliphatic rings. The standard InChI is InChI=1S/C23H24N2O5/c1-4-29-22(26)18-7-5-6-17(15-18)19-10-12-24-23(25-19)30-13-11-16-8-9-20(27-2)21(14-16)28-3/h5-10,12,14-15H,4,11,13H2,1-3H3. The van der Waals surface area contributed by atoms with Crippen LogP contribution < -0.4 is 14.2 Å². The molecule has 2 aromatic carbocycles. The van der Waals surface area contributed by atoms with Crippen molar-refractivity contribution in [2.75, 3.05) is 27.4 Å². The fourth-order valence-corrected chi connectivity index (χ4v) is 2.89. The second kappa shape index (κ2) is 10.2. The second-order valence-corrected chi connectivity index (χ2v) is 6.31. The molecule has 0 radical (unpaired) electrons. The second-order valence-electron chi connectivity index (χ2n) is 6.31. The summed E-state index contributed by atoms with van der Waals surface area (Å²) in [5.41, 5.74) is 2.97. The van der Waals surface area contributed by atoms with E-state index in [0.717, 1.165) is 11.1 Å². The molecule has 3 rings (SSSR count). The van der Waals surface area contributed by atoms with Crippen molar-refractivity contribution in [1.29, 1.82) is 0 Å². The van der Waals surface area contributed by atoms with Crippen molar-refractivity contribution in [2.45, 2.75) is 13.3 Å². The Kier molecular flexibility index (Phi) is 7.21. The summed E-state index contributed by atoms with van der Waals surface area (Å²) in [4.78, 5) is 20.6. The predicted octanol–water partition coefficient (Wildman–Crippen LogP) is 3.96. The van der Waals surface area contributed by atoms with Gasteiger partial charge in [0.2, 0.25) is 0 Å². The number of benzene rings is 2. The summed E-state index contributed by atoms with van der Waals surface area (Å²) in [5.74, 6) is 0.998. The first-order valence-electron chi connectivity index (χ1n) is 9.59. The molecule has 0 saturated heterocycles. The molecular weight excluding hydrogens is 384 g/mol. The number of nitrogens with zero attached hydrogens (tertiary/aromatic N) is 2. The number of ether oxygens (including phenoxy) is 4. The number of carbonyl (C=O) groups is 1. The maximum absolute atomic E-state index is 12.0. The Bertz CT molecular complexity index is 1010. The normalized spacial score (nSPS) is 10.4. The van der Waals surface area contributed by atoms with Crippen LogP contribution in [-0.4, -0.2) is 43.4 Å². The summed E-state index contributed by atoms with van der Waals surface area (Å²) in [6.45, 7) is 2.51. The van der Waals surface area contributed by atoms with Crippen LogP contribution in [0.5, 0.6) is 17.5 Å². The van der Waals surface area contributed by atoms with Gasteiger partial charge in [-0.25, -0.2) is 9.78 Å². The number of hydrogen-bond acceptors (Lipinski definition) is 7. The third kappa shape index (κ3) is 5.26. The molecule has 1 heterocycles. The number of methoxy groups -OCH3 is 2. The molecule has 0 atom stereocenters. The molecule has 0 saturated carbocycles. The minimum absolute atomic E-state index is 0.273. The molecule has 7 heteroatoms. The van der Waals surface area contributed by atoms with Crippen molar-refractivity contribution >= 4 is 5.97 Å². The average molecular weight is 408 g/mol. The lowest BCUT2D eigenvalue weighted by Gasteiger charge is -2.10. The van der Waals surface area contributed by atoms with E-state index in [9.17, 15) is 4.79 Å². The zero-order valence-electron chi connectivity index (χ0n) is 17.3. The van der Waals surface area contributed by atoms with Crippen molar-refractivity contribution < 1.29 is 23.7 Å². The van der Waals surface area contributed by atoms with Gasteiger partial charge in [0.05, 0.1) is 38.7 Å². The number of carbonyl (C=O) groups excluding carboxylic acids is 1. The van der Waals surface area contributed by atoms with Crippen LogP contribution in [0.3, 0.4) is 0 Å². The van der Waals surface area contributed by atoms with Gasteiger partial charge < -0.3 is 18.9 Å². The minimum atomic E-state index is -0.361. The molecule has 3 aromatic rings. The highest BCUT2D eigenvalue weighted by Crippen LogP contribution is 2.27. The van der Waals surface area contributed by atoms with Gasteiger partial charge in [-0.1, -0.05) is 18.2 Å². The minimum Gasteiger partial charge on any atom is -0.493 e. The Balaban J connectivity index is 1.66. The molecule has 0 aliphatic heterocycles. The van der Waals surface area contributed by atoms with Crippen molar-refractivity contribution in [1.82, 2.24) is 9.97 Å². The lowest BCUT2D eigenvalue weighted by atomic mass is 10.1. The maximum atomic E-state index is 12.0. The summed E-state index contributed by atoms with van der Waals surface area (Å²) in [7, 11) is 3.21. The first kappa shape index (κ1) is 21.1. The third-order valence-corrected chi connectivity index (χ3v) is 4.37. The van der Waals surface area contributed by atoms with Crippen molar-refractivity contribution in [3.8, 4) is 28.8 Å². The fourth-order valence-electron chi connectivity index (χ4n) is 2.89. The van der Waals surface area contributed by atoms with Gasteiger partial charge in [-0.15, -0.1) is 0 Å². The molecular formula is C23H24N2O5. The number of rotatable bonds is 9. The van der Waals surface area contributed by atoms with E-state index in [1.165, 1.54) is 0 Å². The van der Waals surface area contributed by atoms with E-state index in [-0.39, 0.29) is 12.0 Å². The number of esters is 1. The fraction of sp³-hybridized carbons (Fsp3) is 0.261. The Morgan fingerprint density at radius 1 is 1.00 bits per heavy atom. The molecule has 156 valence electrons. The predicted molar refractivity (Wildman–Crippen MR) is 112 cm³/mol. The lowest BCUT2D eigenvalue weighted by Crippen LogP contribution is -2.06. The van der Waals surface area contributed by atoms with Gasteiger partial charge in [0.1, 0.15) is 0 Å². The molecule has 0 fully saturated rings. The van der Waals surface area contributed by atoms with E-state index < -0.39 is 0 Å². The smallest absolute Gasteiger partial charge is 0.338 e. The van der Waals surface area contributed by atoms with Gasteiger partial charge in [0.15, 0.2) is 11.5 Å². The zero-order valence-corrected chi connectivity index (χ0v) is 17.3. The summed E-state index contributed by atoms with van der Waals surface area (Å²) in [6, 6.07) is 14.9. The van der Waals surface area contributed by atoms with Gasteiger partial charge in [0, 0.05) is 18.2 Å². The summed E-state index contributed by atoms with van der Waals surface area (Å²) in [5, 5.41) is 0. The lowest BCUT2D eigenvalue weighted by molar-refractivity contribution is 0.0526. The first-order valence-corrected chi connectivity index (χ1v) is 9.59. The Morgan fingerprint density at radius 2 is 1.83 bits per heavy atom. The van der Waals surface area contributed by atoms with E-state index in [2.05, 4.69) is 9.97 Å². The van der Waals surface area contributed by atoms with Gasteiger partial charge in [-0.05, 0) is 42.8 Å². The molecule has 0 N–H and O–H groups in total. The van der Waals surface area contributed by atoms with Gasteiger partial charge in [-0.2, -0.15) is 4.98 Å². The molecule has 0 bridgehead atoms. The quantitative estimate of drug-likeness (QED) is 0.496. The van der Waals surface area contributed by atoms with Crippen LogP contribution in [0, 0.1) is 0 Å². The SMILES string of the molecule is CCOC(=O)c1cccc(-c2ccnc(OCCc3ccc(OC)c(OC)c3)n2)c1.